The van der Waals surface area contributed by atoms with Crippen LogP contribution in [0.25, 0.3) is 0 Å². The summed E-state index contributed by atoms with van der Waals surface area (Å²) in [6.45, 7) is 6.99. The van der Waals surface area contributed by atoms with Gasteiger partial charge in [-0.3, -0.25) is 0 Å². The van der Waals surface area contributed by atoms with Gasteiger partial charge < -0.3 is 10.1 Å². The Bertz CT molecular complexity index is 604. The van der Waals surface area contributed by atoms with Crippen LogP contribution < -0.4 is 10.1 Å². The summed E-state index contributed by atoms with van der Waals surface area (Å²) < 4.78 is 6.58. The van der Waals surface area contributed by atoms with Gasteiger partial charge in [-0.15, -0.1) is 0 Å². The Kier molecular flexibility index (Phi) is 5.43. The van der Waals surface area contributed by atoms with E-state index in [0.717, 1.165) is 10.2 Å². The number of nitrogens with one attached hydrogen (secondary N) is 1. The Balaban J connectivity index is 2.45. The molecule has 1 unspecified atom stereocenters. The van der Waals surface area contributed by atoms with Crippen LogP contribution in [-0.4, -0.2) is 13.7 Å². The van der Waals surface area contributed by atoms with Crippen molar-refractivity contribution in [1.82, 2.24) is 5.32 Å². The highest BCUT2D eigenvalue weighted by Gasteiger charge is 2.17. The highest BCUT2D eigenvalue weighted by molar-refractivity contribution is 9.10. The second-order valence-corrected chi connectivity index (χ2v) is 6.00. The molecule has 0 aliphatic rings. The maximum Gasteiger partial charge on any atom is 0.133 e. The second kappa shape index (κ2) is 7.10. The summed E-state index contributed by atoms with van der Waals surface area (Å²) in [5.41, 5.74) is 5.18. The number of benzene rings is 2. The largest absolute Gasteiger partial charge is 0.493 e. The summed E-state index contributed by atoms with van der Waals surface area (Å²) in [6, 6.07) is 12.9. The molecule has 0 aliphatic carbocycles. The Morgan fingerprint density at radius 1 is 1.14 bits per heavy atom. The first-order valence-electron chi connectivity index (χ1n) is 7.24. The van der Waals surface area contributed by atoms with Gasteiger partial charge in [0.2, 0.25) is 0 Å². The van der Waals surface area contributed by atoms with Gasteiger partial charge in [0.1, 0.15) is 5.75 Å². The fourth-order valence-corrected chi connectivity index (χ4v) is 3.24. The summed E-state index contributed by atoms with van der Waals surface area (Å²) in [4.78, 5) is 0. The first-order chi connectivity index (χ1) is 10.1. The van der Waals surface area contributed by atoms with Gasteiger partial charge in [0, 0.05) is 0 Å². The molecule has 0 radical (unpaired) electrons. The lowest BCUT2D eigenvalue weighted by molar-refractivity contribution is 0.338. The standard InChI is InChI=1S/C18H22BrNO/c1-5-21-16-10-9-14(11-15(16)19)18(20-4)17-12(2)7-6-8-13(17)3/h6-11,18,20H,5H2,1-4H3. The number of rotatable bonds is 5. The number of aryl methyl sites for hydroxylation is 2. The highest BCUT2D eigenvalue weighted by Crippen LogP contribution is 2.33. The molecule has 0 spiro atoms. The lowest BCUT2D eigenvalue weighted by atomic mass is 9.91. The van der Waals surface area contributed by atoms with E-state index >= 15 is 0 Å². The van der Waals surface area contributed by atoms with E-state index in [0.29, 0.717) is 6.61 Å². The number of hydrogen-bond acceptors (Lipinski definition) is 2. The molecule has 0 fully saturated rings. The number of halogens is 1. The van der Waals surface area contributed by atoms with Crippen LogP contribution in [-0.2, 0) is 0 Å². The Hall–Kier alpha value is -1.32. The minimum atomic E-state index is 0.179. The summed E-state index contributed by atoms with van der Waals surface area (Å²) >= 11 is 3.60. The van der Waals surface area contributed by atoms with Crippen molar-refractivity contribution in [3.63, 3.8) is 0 Å². The van der Waals surface area contributed by atoms with Crippen molar-refractivity contribution in [3.05, 3.63) is 63.1 Å². The van der Waals surface area contributed by atoms with E-state index in [4.69, 9.17) is 4.74 Å². The van der Waals surface area contributed by atoms with E-state index in [1.54, 1.807) is 0 Å². The van der Waals surface area contributed by atoms with E-state index < -0.39 is 0 Å². The predicted molar refractivity (Wildman–Crippen MR) is 92.1 cm³/mol. The monoisotopic (exact) mass is 347 g/mol. The van der Waals surface area contributed by atoms with Crippen molar-refractivity contribution in [1.29, 1.82) is 0 Å². The van der Waals surface area contributed by atoms with Gasteiger partial charge in [-0.2, -0.15) is 0 Å². The smallest absolute Gasteiger partial charge is 0.133 e. The normalized spacial score (nSPS) is 12.2. The first-order valence-corrected chi connectivity index (χ1v) is 8.03. The van der Waals surface area contributed by atoms with Gasteiger partial charge >= 0.3 is 0 Å². The molecule has 2 aromatic carbocycles. The zero-order valence-corrected chi connectivity index (χ0v) is 14.6. The second-order valence-electron chi connectivity index (χ2n) is 5.15. The minimum Gasteiger partial charge on any atom is -0.493 e. The Morgan fingerprint density at radius 2 is 1.81 bits per heavy atom. The maximum absolute atomic E-state index is 5.59. The Labute approximate surface area is 135 Å². The molecule has 0 heterocycles. The maximum atomic E-state index is 5.59. The Morgan fingerprint density at radius 3 is 2.33 bits per heavy atom. The molecular weight excluding hydrogens is 326 g/mol. The molecule has 0 saturated heterocycles. The van der Waals surface area contributed by atoms with Crippen LogP contribution in [0.1, 0.15) is 35.2 Å². The fourth-order valence-electron chi connectivity index (χ4n) is 2.73. The first kappa shape index (κ1) is 16.1. The van der Waals surface area contributed by atoms with Crippen LogP contribution >= 0.6 is 15.9 Å². The molecule has 21 heavy (non-hydrogen) atoms. The predicted octanol–water partition coefficient (Wildman–Crippen LogP) is 4.77. The van der Waals surface area contributed by atoms with Crippen LogP contribution in [0, 0.1) is 13.8 Å². The SMILES string of the molecule is CCOc1ccc(C(NC)c2c(C)cccc2C)cc1Br. The van der Waals surface area contributed by atoms with Gasteiger partial charge in [0.25, 0.3) is 0 Å². The summed E-state index contributed by atoms with van der Waals surface area (Å²) in [5, 5.41) is 3.43. The summed E-state index contributed by atoms with van der Waals surface area (Å²) in [7, 11) is 2.00. The van der Waals surface area contributed by atoms with Crippen LogP contribution in [0.4, 0.5) is 0 Å². The number of ether oxygens (including phenoxy) is 1. The van der Waals surface area contributed by atoms with E-state index in [9.17, 15) is 0 Å². The van der Waals surface area contributed by atoms with E-state index in [-0.39, 0.29) is 6.04 Å². The molecule has 0 amide bonds. The molecule has 0 bridgehead atoms. The molecule has 1 N–H and O–H groups in total. The third-order valence-electron chi connectivity index (χ3n) is 3.71. The van der Waals surface area contributed by atoms with Crippen molar-refractivity contribution >= 4 is 15.9 Å². The summed E-state index contributed by atoms with van der Waals surface area (Å²) in [5.74, 6) is 0.887. The minimum absolute atomic E-state index is 0.179. The zero-order valence-electron chi connectivity index (χ0n) is 13.0. The summed E-state index contributed by atoms with van der Waals surface area (Å²) in [6.07, 6.45) is 0. The van der Waals surface area contributed by atoms with Gasteiger partial charge in [-0.1, -0.05) is 24.3 Å². The molecule has 3 heteroatoms. The topological polar surface area (TPSA) is 21.3 Å². The van der Waals surface area contributed by atoms with Crippen molar-refractivity contribution in [2.75, 3.05) is 13.7 Å². The highest BCUT2D eigenvalue weighted by atomic mass is 79.9. The van der Waals surface area contributed by atoms with Crippen LogP contribution in [0.15, 0.2) is 40.9 Å². The lowest BCUT2D eigenvalue weighted by Gasteiger charge is -2.22. The molecule has 0 aliphatic heterocycles. The van der Waals surface area contributed by atoms with E-state index in [1.807, 2.05) is 20.0 Å². The third kappa shape index (κ3) is 3.47. The van der Waals surface area contributed by atoms with Gasteiger partial charge in [-0.25, -0.2) is 0 Å². The molecule has 2 nitrogen and oxygen atoms in total. The average Bonchev–Trinajstić information content (AvgIpc) is 2.45. The van der Waals surface area contributed by atoms with Crippen molar-refractivity contribution in [2.45, 2.75) is 26.8 Å². The molecule has 112 valence electrons. The zero-order chi connectivity index (χ0) is 15.4. The van der Waals surface area contributed by atoms with E-state index in [1.165, 1.54) is 22.3 Å². The van der Waals surface area contributed by atoms with Crippen molar-refractivity contribution < 1.29 is 4.74 Å². The molecule has 2 rings (SSSR count). The van der Waals surface area contributed by atoms with Gasteiger partial charge in [0.15, 0.2) is 0 Å². The van der Waals surface area contributed by atoms with Gasteiger partial charge in [0.05, 0.1) is 17.1 Å². The fraction of sp³-hybridized carbons (Fsp3) is 0.333. The molecule has 2 aromatic rings. The lowest BCUT2D eigenvalue weighted by Crippen LogP contribution is -2.19. The van der Waals surface area contributed by atoms with Gasteiger partial charge in [-0.05, 0) is 78.1 Å². The quantitative estimate of drug-likeness (QED) is 0.840. The molecule has 1 atom stereocenters. The van der Waals surface area contributed by atoms with Crippen molar-refractivity contribution in [2.24, 2.45) is 0 Å². The van der Waals surface area contributed by atoms with Crippen LogP contribution in [0.3, 0.4) is 0 Å². The van der Waals surface area contributed by atoms with Crippen LogP contribution in [0.5, 0.6) is 5.75 Å². The molecule has 0 saturated carbocycles. The molecule has 0 aromatic heterocycles. The average molecular weight is 348 g/mol. The molecular formula is C18H22BrNO. The van der Waals surface area contributed by atoms with Crippen molar-refractivity contribution in [3.8, 4) is 5.75 Å². The van der Waals surface area contributed by atoms with E-state index in [2.05, 4.69) is 65.4 Å². The van der Waals surface area contributed by atoms with Crippen LogP contribution in [0.2, 0.25) is 0 Å². The third-order valence-corrected chi connectivity index (χ3v) is 4.33. The number of hydrogen-bond donors (Lipinski definition) is 1.